The molecule has 0 amide bonds. The van der Waals surface area contributed by atoms with Gasteiger partial charge in [-0.2, -0.15) is 0 Å². The summed E-state index contributed by atoms with van der Waals surface area (Å²) in [7, 11) is 0. The topological polar surface area (TPSA) is 64.9 Å². The summed E-state index contributed by atoms with van der Waals surface area (Å²) in [6, 6.07) is 1.83. The first-order valence-electron chi connectivity index (χ1n) is 5.72. The fourth-order valence-corrected chi connectivity index (χ4v) is 1.50. The van der Waals surface area contributed by atoms with Crippen molar-refractivity contribution in [2.75, 3.05) is 0 Å². The summed E-state index contributed by atoms with van der Waals surface area (Å²) in [4.78, 5) is 8.39. The standard InChI is InChI=1S/C14H15N3O/c1-11(6-4-2-3-5-8-15)14-17-12-7-9-16-10-13(12)18-14/h2-3,5-10H,4,15H2,1H3/b3-2?,8-5+,11-6+. The Balaban J connectivity index is 2.12. The van der Waals surface area contributed by atoms with Crippen LogP contribution in [0.2, 0.25) is 0 Å². The summed E-state index contributed by atoms with van der Waals surface area (Å²) in [5.41, 5.74) is 7.77. The SMILES string of the molecule is C/C(=C\CC=C/C=C/N)c1nc2ccncc2o1. The van der Waals surface area contributed by atoms with Crippen LogP contribution in [0.3, 0.4) is 0 Å². The number of allylic oxidation sites excluding steroid dienone is 5. The molecule has 0 saturated carbocycles. The second-order valence-electron chi connectivity index (χ2n) is 3.80. The van der Waals surface area contributed by atoms with E-state index in [9.17, 15) is 0 Å². The Kier molecular flexibility index (Phi) is 3.91. The van der Waals surface area contributed by atoms with E-state index in [4.69, 9.17) is 10.2 Å². The van der Waals surface area contributed by atoms with Gasteiger partial charge in [-0.3, -0.25) is 4.98 Å². The zero-order chi connectivity index (χ0) is 12.8. The molecule has 0 atom stereocenters. The van der Waals surface area contributed by atoms with E-state index in [0.29, 0.717) is 11.5 Å². The molecule has 18 heavy (non-hydrogen) atoms. The molecule has 2 heterocycles. The molecule has 0 aromatic carbocycles. The third-order valence-corrected chi connectivity index (χ3v) is 2.45. The Morgan fingerprint density at radius 1 is 1.44 bits per heavy atom. The van der Waals surface area contributed by atoms with Gasteiger partial charge in [0, 0.05) is 11.8 Å². The lowest BCUT2D eigenvalue weighted by atomic mass is 10.2. The number of hydrogen-bond donors (Lipinski definition) is 1. The molecule has 0 bridgehead atoms. The predicted octanol–water partition coefficient (Wildman–Crippen LogP) is 3.04. The fraction of sp³-hybridized carbons (Fsp3) is 0.143. The number of rotatable bonds is 4. The first-order valence-corrected chi connectivity index (χ1v) is 5.72. The first-order chi connectivity index (χ1) is 8.81. The monoisotopic (exact) mass is 241 g/mol. The normalized spacial score (nSPS) is 13.1. The van der Waals surface area contributed by atoms with Gasteiger partial charge >= 0.3 is 0 Å². The third-order valence-electron chi connectivity index (χ3n) is 2.45. The van der Waals surface area contributed by atoms with Crippen LogP contribution >= 0.6 is 0 Å². The van der Waals surface area contributed by atoms with Crippen LogP contribution in [-0.2, 0) is 0 Å². The second-order valence-corrected chi connectivity index (χ2v) is 3.80. The van der Waals surface area contributed by atoms with Gasteiger partial charge in [-0.15, -0.1) is 0 Å². The fourth-order valence-electron chi connectivity index (χ4n) is 1.50. The van der Waals surface area contributed by atoms with Crippen molar-refractivity contribution in [3.8, 4) is 0 Å². The molecule has 0 unspecified atom stereocenters. The summed E-state index contributed by atoms with van der Waals surface area (Å²) in [6.07, 6.45) is 13.4. The van der Waals surface area contributed by atoms with Gasteiger partial charge in [-0.25, -0.2) is 4.98 Å². The van der Waals surface area contributed by atoms with E-state index in [2.05, 4.69) is 16.0 Å². The van der Waals surface area contributed by atoms with Crippen LogP contribution in [0, 0.1) is 0 Å². The Labute approximate surface area is 106 Å². The van der Waals surface area contributed by atoms with Crippen LogP contribution in [0.15, 0.2) is 53.4 Å². The molecule has 0 aliphatic carbocycles. The quantitative estimate of drug-likeness (QED) is 0.835. The van der Waals surface area contributed by atoms with Gasteiger partial charge in [0.15, 0.2) is 5.58 Å². The molecule has 2 aromatic heterocycles. The molecule has 92 valence electrons. The van der Waals surface area contributed by atoms with Crippen molar-refractivity contribution in [1.29, 1.82) is 0 Å². The molecule has 4 nitrogen and oxygen atoms in total. The lowest BCUT2D eigenvalue weighted by Crippen LogP contribution is -1.78. The molecule has 0 spiro atoms. The Hall–Kier alpha value is -2.36. The highest BCUT2D eigenvalue weighted by Crippen LogP contribution is 2.19. The van der Waals surface area contributed by atoms with E-state index in [-0.39, 0.29) is 0 Å². The van der Waals surface area contributed by atoms with E-state index in [0.717, 1.165) is 17.5 Å². The first kappa shape index (κ1) is 12.1. The number of nitrogens with two attached hydrogens (primary N) is 1. The highest BCUT2D eigenvalue weighted by Gasteiger charge is 2.05. The lowest BCUT2D eigenvalue weighted by molar-refractivity contribution is 0.582. The van der Waals surface area contributed by atoms with E-state index in [1.165, 1.54) is 6.20 Å². The molecule has 0 fully saturated rings. The number of nitrogens with zero attached hydrogens (tertiary/aromatic N) is 2. The molecule has 2 N–H and O–H groups in total. The van der Waals surface area contributed by atoms with Crippen LogP contribution < -0.4 is 5.73 Å². The van der Waals surface area contributed by atoms with Crippen LogP contribution in [0.5, 0.6) is 0 Å². The van der Waals surface area contributed by atoms with Gasteiger partial charge in [0.2, 0.25) is 5.89 Å². The van der Waals surface area contributed by atoms with Crippen molar-refractivity contribution in [3.05, 3.63) is 54.9 Å². The Morgan fingerprint density at radius 2 is 2.33 bits per heavy atom. The van der Waals surface area contributed by atoms with Gasteiger partial charge < -0.3 is 10.2 Å². The van der Waals surface area contributed by atoms with Gasteiger partial charge in [-0.05, 0) is 31.7 Å². The summed E-state index contributed by atoms with van der Waals surface area (Å²) in [5, 5.41) is 0. The van der Waals surface area contributed by atoms with Crippen molar-refractivity contribution in [1.82, 2.24) is 9.97 Å². The maximum Gasteiger partial charge on any atom is 0.222 e. The van der Waals surface area contributed by atoms with Crippen molar-refractivity contribution in [2.45, 2.75) is 13.3 Å². The van der Waals surface area contributed by atoms with Crippen molar-refractivity contribution < 1.29 is 4.42 Å². The minimum atomic E-state index is 0.640. The number of aromatic nitrogens is 2. The van der Waals surface area contributed by atoms with Gasteiger partial charge in [-0.1, -0.05) is 18.2 Å². The van der Waals surface area contributed by atoms with Crippen molar-refractivity contribution in [3.63, 3.8) is 0 Å². The maximum absolute atomic E-state index is 5.61. The van der Waals surface area contributed by atoms with Crippen LogP contribution in [-0.4, -0.2) is 9.97 Å². The van der Waals surface area contributed by atoms with Crippen LogP contribution in [0.25, 0.3) is 16.7 Å². The molecule has 0 aliphatic heterocycles. The van der Waals surface area contributed by atoms with Gasteiger partial charge in [0.25, 0.3) is 0 Å². The van der Waals surface area contributed by atoms with E-state index in [1.807, 2.05) is 25.1 Å². The summed E-state index contributed by atoms with van der Waals surface area (Å²) in [6.45, 7) is 1.98. The molecule has 2 aromatic rings. The number of fused-ring (bicyclic) bond motifs is 1. The van der Waals surface area contributed by atoms with E-state index < -0.39 is 0 Å². The van der Waals surface area contributed by atoms with Crippen LogP contribution in [0.1, 0.15) is 19.2 Å². The van der Waals surface area contributed by atoms with Crippen molar-refractivity contribution in [2.24, 2.45) is 5.73 Å². The maximum atomic E-state index is 5.61. The Bertz CT molecular complexity index is 575. The molecular weight excluding hydrogens is 226 g/mol. The van der Waals surface area contributed by atoms with Gasteiger partial charge in [0.05, 0.1) is 6.20 Å². The highest BCUT2D eigenvalue weighted by molar-refractivity contribution is 5.74. The number of oxazole rings is 1. The zero-order valence-electron chi connectivity index (χ0n) is 10.2. The summed E-state index contributed by atoms with van der Waals surface area (Å²) in [5.74, 6) is 0.640. The molecule has 4 heteroatoms. The number of pyridine rings is 1. The smallest absolute Gasteiger partial charge is 0.222 e. The molecule has 2 rings (SSSR count). The molecular formula is C14H15N3O. The minimum absolute atomic E-state index is 0.640. The van der Waals surface area contributed by atoms with Gasteiger partial charge in [0.1, 0.15) is 5.52 Å². The zero-order valence-corrected chi connectivity index (χ0v) is 10.2. The Morgan fingerprint density at radius 3 is 3.11 bits per heavy atom. The van der Waals surface area contributed by atoms with E-state index >= 15 is 0 Å². The van der Waals surface area contributed by atoms with E-state index in [1.54, 1.807) is 18.5 Å². The average Bonchev–Trinajstić information content (AvgIpc) is 2.82. The molecule has 0 aliphatic rings. The number of hydrogen-bond acceptors (Lipinski definition) is 4. The highest BCUT2D eigenvalue weighted by atomic mass is 16.3. The average molecular weight is 241 g/mol. The third kappa shape index (κ3) is 2.85. The largest absolute Gasteiger partial charge is 0.435 e. The molecule has 0 saturated heterocycles. The summed E-state index contributed by atoms with van der Waals surface area (Å²) >= 11 is 0. The second kappa shape index (κ2) is 5.82. The van der Waals surface area contributed by atoms with Crippen molar-refractivity contribution >= 4 is 16.7 Å². The van der Waals surface area contributed by atoms with Crippen LogP contribution in [0.4, 0.5) is 0 Å². The lowest BCUT2D eigenvalue weighted by Gasteiger charge is -1.91. The molecule has 0 radical (unpaired) electrons. The summed E-state index contributed by atoms with van der Waals surface area (Å²) < 4.78 is 5.61. The minimum Gasteiger partial charge on any atom is -0.435 e. The predicted molar refractivity (Wildman–Crippen MR) is 72.5 cm³/mol.